The summed E-state index contributed by atoms with van der Waals surface area (Å²) < 4.78 is 11.2. The summed E-state index contributed by atoms with van der Waals surface area (Å²) in [7, 11) is 0. The summed E-state index contributed by atoms with van der Waals surface area (Å²) in [5, 5.41) is 7.66. The molecule has 11 nitrogen and oxygen atoms in total. The number of ether oxygens (including phenoxy) is 1. The highest BCUT2D eigenvalue weighted by Crippen LogP contribution is 2.30. The maximum Gasteiger partial charge on any atom is 0.333 e. The van der Waals surface area contributed by atoms with Crippen molar-refractivity contribution in [1.82, 2.24) is 34.1 Å². The molecule has 2 amide bonds. The van der Waals surface area contributed by atoms with Crippen LogP contribution in [-0.4, -0.2) is 52.8 Å². The molecule has 0 spiro atoms. The van der Waals surface area contributed by atoms with Crippen LogP contribution < -0.4 is 15.7 Å². The molecule has 1 N–H and O–H groups in total. The first-order valence-electron chi connectivity index (χ1n) is 14.9. The van der Waals surface area contributed by atoms with Gasteiger partial charge < -0.3 is 15.0 Å². The number of imidazole rings is 1. The number of aromatic nitrogens is 5. The number of para-hydroxylation sites is 1. The molecule has 1 saturated carbocycles. The van der Waals surface area contributed by atoms with Gasteiger partial charge >= 0.3 is 5.69 Å². The molecule has 2 aliphatic rings. The zero-order valence-corrected chi connectivity index (χ0v) is 27.1. The second kappa shape index (κ2) is 12.3. The second-order valence-corrected chi connectivity index (χ2v) is 12.7. The monoisotopic (exact) mass is 701 g/mol. The van der Waals surface area contributed by atoms with Gasteiger partial charge in [0.25, 0.3) is 11.8 Å². The molecule has 0 bridgehead atoms. The maximum absolute atomic E-state index is 14.2. The van der Waals surface area contributed by atoms with Crippen molar-refractivity contribution in [3.63, 3.8) is 0 Å². The van der Waals surface area contributed by atoms with E-state index in [1.54, 1.807) is 50.8 Å². The summed E-state index contributed by atoms with van der Waals surface area (Å²) in [5.41, 5.74) is 2.76. The number of benzene rings is 3. The van der Waals surface area contributed by atoms with Gasteiger partial charge in [0.05, 0.1) is 34.7 Å². The zero-order chi connectivity index (χ0) is 31.9. The van der Waals surface area contributed by atoms with Crippen LogP contribution in [-0.2, 0) is 19.6 Å². The van der Waals surface area contributed by atoms with E-state index in [0.717, 1.165) is 24.1 Å². The first-order chi connectivity index (χ1) is 22.3. The molecular formula is C33H29BrClN7O4. The Morgan fingerprint density at radius 2 is 1.87 bits per heavy atom. The number of nitrogens with zero attached hydrogens (tertiary/aromatic N) is 6. The van der Waals surface area contributed by atoms with Crippen LogP contribution in [0.3, 0.4) is 0 Å². The number of hydrogen-bond donors (Lipinski definition) is 1. The molecule has 0 saturated heterocycles. The number of fused-ring (bicyclic) bond motifs is 1. The Labute approximate surface area is 277 Å². The van der Waals surface area contributed by atoms with Crippen LogP contribution in [0.25, 0.3) is 11.4 Å². The number of amides is 2. The molecule has 13 heteroatoms. The molecule has 2 aromatic heterocycles. The molecule has 3 aromatic carbocycles. The number of carbonyl (C=O) groups is 2. The molecule has 3 heterocycles. The lowest BCUT2D eigenvalue weighted by Crippen LogP contribution is -2.47. The molecule has 46 heavy (non-hydrogen) atoms. The van der Waals surface area contributed by atoms with Crippen molar-refractivity contribution in [2.24, 2.45) is 0 Å². The summed E-state index contributed by atoms with van der Waals surface area (Å²) >= 11 is 9.68. The van der Waals surface area contributed by atoms with Crippen molar-refractivity contribution >= 4 is 39.3 Å². The Bertz CT molecular complexity index is 2000. The van der Waals surface area contributed by atoms with Crippen molar-refractivity contribution in [2.75, 3.05) is 0 Å². The minimum Gasteiger partial charge on any atom is -0.490 e. The van der Waals surface area contributed by atoms with Crippen LogP contribution >= 0.6 is 27.5 Å². The predicted molar refractivity (Wildman–Crippen MR) is 175 cm³/mol. The van der Waals surface area contributed by atoms with Gasteiger partial charge in [-0.2, -0.15) is 5.10 Å². The van der Waals surface area contributed by atoms with Gasteiger partial charge in [0.1, 0.15) is 24.1 Å². The van der Waals surface area contributed by atoms with Crippen LogP contribution in [0.5, 0.6) is 5.75 Å². The van der Waals surface area contributed by atoms with Gasteiger partial charge in [-0.1, -0.05) is 29.8 Å². The Hall–Kier alpha value is -4.68. The van der Waals surface area contributed by atoms with Gasteiger partial charge in [-0.05, 0) is 89.8 Å². The lowest BCUT2D eigenvalue weighted by atomic mass is 10.1. The van der Waals surface area contributed by atoms with E-state index in [9.17, 15) is 14.4 Å². The average Bonchev–Trinajstić information content (AvgIpc) is 3.61. The molecule has 1 aliphatic heterocycles. The third-order valence-electron chi connectivity index (χ3n) is 8.21. The van der Waals surface area contributed by atoms with Gasteiger partial charge in [0.2, 0.25) is 0 Å². The molecule has 0 unspecified atom stereocenters. The minimum atomic E-state index is -0.453. The Kier molecular flexibility index (Phi) is 7.99. The quantitative estimate of drug-likeness (QED) is 0.239. The predicted octanol–water partition coefficient (Wildman–Crippen LogP) is 5.15. The normalized spacial score (nSPS) is 15.8. The SMILES string of the molecule is C[C@@H]1Cn2c(c(C(=O)NCc3ccccc3-n3cncn3)n(-c3ccc(OC4CC4)cc3)c2=O)CN1C(=O)c1ccc(Br)c(Cl)c1. The van der Waals surface area contributed by atoms with Gasteiger partial charge in [-0.3, -0.25) is 18.7 Å². The Morgan fingerprint density at radius 1 is 1.09 bits per heavy atom. The number of nitrogens with one attached hydrogen (secondary N) is 1. The summed E-state index contributed by atoms with van der Waals surface area (Å²) in [4.78, 5) is 47.6. The number of carbonyl (C=O) groups excluding carboxylic acids is 2. The maximum atomic E-state index is 14.2. The van der Waals surface area contributed by atoms with E-state index < -0.39 is 5.91 Å². The summed E-state index contributed by atoms with van der Waals surface area (Å²) in [6.45, 7) is 2.32. The first kappa shape index (κ1) is 30.0. The van der Waals surface area contributed by atoms with E-state index in [2.05, 4.69) is 31.3 Å². The second-order valence-electron chi connectivity index (χ2n) is 11.4. The number of rotatable bonds is 8. The third-order valence-corrected chi connectivity index (χ3v) is 9.44. The van der Waals surface area contributed by atoms with Crippen molar-refractivity contribution in [1.29, 1.82) is 0 Å². The molecule has 1 fully saturated rings. The fraction of sp³-hybridized carbons (Fsp3) is 0.242. The molecule has 1 atom stereocenters. The molecule has 7 rings (SSSR count). The van der Waals surface area contributed by atoms with E-state index in [-0.39, 0.29) is 49.1 Å². The highest BCUT2D eigenvalue weighted by Gasteiger charge is 2.35. The fourth-order valence-corrected chi connectivity index (χ4v) is 6.11. The van der Waals surface area contributed by atoms with Crippen LogP contribution in [0.15, 0.2) is 88.7 Å². The van der Waals surface area contributed by atoms with Gasteiger partial charge in [0.15, 0.2) is 0 Å². The molecular weight excluding hydrogens is 674 g/mol. The van der Waals surface area contributed by atoms with Gasteiger partial charge in [0, 0.05) is 29.2 Å². The summed E-state index contributed by atoms with van der Waals surface area (Å²) in [5.74, 6) is 0.00627. The van der Waals surface area contributed by atoms with Crippen LogP contribution in [0.2, 0.25) is 5.02 Å². The fourth-order valence-electron chi connectivity index (χ4n) is 5.68. The smallest absolute Gasteiger partial charge is 0.333 e. The topological polar surface area (TPSA) is 116 Å². The summed E-state index contributed by atoms with van der Waals surface area (Å²) in [6, 6.07) is 19.4. The van der Waals surface area contributed by atoms with Crippen molar-refractivity contribution in [3.05, 3.63) is 122 Å². The van der Waals surface area contributed by atoms with E-state index in [1.807, 2.05) is 43.3 Å². The standard InChI is InChI=1S/C33H29BrClN7O4/c1-20-16-40-29(17-39(20)32(44)21-6-13-26(34)27(35)14-21)30(42(33(40)45)23-7-9-24(10-8-23)46-25-11-12-25)31(43)37-15-22-4-2-3-5-28(22)41-19-36-18-38-41/h2-10,13-14,18-20,25H,11-12,15-17H2,1H3,(H,37,43)/t20-/m1/s1. The largest absolute Gasteiger partial charge is 0.490 e. The molecule has 234 valence electrons. The van der Waals surface area contributed by atoms with Crippen LogP contribution in [0.1, 0.15) is 51.9 Å². The number of halogens is 2. The van der Waals surface area contributed by atoms with E-state index in [1.165, 1.54) is 10.9 Å². The minimum absolute atomic E-state index is 0.0527. The lowest BCUT2D eigenvalue weighted by molar-refractivity contribution is 0.0610. The zero-order valence-electron chi connectivity index (χ0n) is 24.8. The molecule has 1 aliphatic carbocycles. The van der Waals surface area contributed by atoms with Gasteiger partial charge in [-0.25, -0.2) is 14.5 Å². The summed E-state index contributed by atoms with van der Waals surface area (Å²) in [6.07, 6.45) is 5.31. The van der Waals surface area contributed by atoms with Crippen molar-refractivity contribution in [3.8, 4) is 17.1 Å². The van der Waals surface area contributed by atoms with E-state index >= 15 is 0 Å². The highest BCUT2D eigenvalue weighted by atomic mass is 79.9. The van der Waals surface area contributed by atoms with E-state index in [0.29, 0.717) is 32.2 Å². The number of hydrogen-bond acceptors (Lipinski definition) is 6. The average molecular weight is 703 g/mol. The Morgan fingerprint density at radius 3 is 2.59 bits per heavy atom. The third kappa shape index (κ3) is 5.74. The van der Waals surface area contributed by atoms with Crippen molar-refractivity contribution < 1.29 is 14.3 Å². The van der Waals surface area contributed by atoms with Crippen LogP contribution in [0.4, 0.5) is 0 Å². The van der Waals surface area contributed by atoms with Gasteiger partial charge in [-0.15, -0.1) is 0 Å². The molecule has 5 aromatic rings. The highest BCUT2D eigenvalue weighted by molar-refractivity contribution is 9.10. The van der Waals surface area contributed by atoms with Crippen LogP contribution in [0, 0.1) is 0 Å². The first-order valence-corrected chi connectivity index (χ1v) is 16.0. The Balaban J connectivity index is 1.26. The lowest BCUT2D eigenvalue weighted by Gasteiger charge is -2.34. The van der Waals surface area contributed by atoms with E-state index in [4.69, 9.17) is 16.3 Å². The van der Waals surface area contributed by atoms with Crippen molar-refractivity contribution in [2.45, 2.75) is 51.5 Å². The molecule has 0 radical (unpaired) electrons.